The molecule has 4 rings (SSSR count). The molecule has 0 fully saturated rings. The maximum absolute atomic E-state index is 11.5. The molecule has 0 unspecified atom stereocenters. The molecular formula is C23H15N3O3S. The standard InChI is InChI=1S/C23H15N3O3S/c27-15-18-13-19(26(28)29)11-12-22(18)30-23-24-20(16-7-3-1-4-8-16)14-21(25-23)17-9-5-2-6-10-17/h1-15H. The molecule has 4 aromatic rings. The molecule has 0 atom stereocenters. The third kappa shape index (κ3) is 4.26. The van der Waals surface area contributed by atoms with Crippen LogP contribution in [0.1, 0.15) is 10.4 Å². The van der Waals surface area contributed by atoms with E-state index in [1.807, 2.05) is 66.7 Å². The average Bonchev–Trinajstić information content (AvgIpc) is 2.80. The van der Waals surface area contributed by atoms with Gasteiger partial charge < -0.3 is 0 Å². The molecule has 0 aliphatic rings. The molecule has 1 heterocycles. The van der Waals surface area contributed by atoms with Gasteiger partial charge in [0.05, 0.1) is 16.3 Å². The topological polar surface area (TPSA) is 86.0 Å². The number of benzene rings is 3. The van der Waals surface area contributed by atoms with E-state index < -0.39 is 4.92 Å². The van der Waals surface area contributed by atoms with Crippen LogP contribution in [0.15, 0.2) is 95.0 Å². The van der Waals surface area contributed by atoms with E-state index in [2.05, 4.69) is 9.97 Å². The zero-order valence-corrected chi connectivity index (χ0v) is 16.5. The van der Waals surface area contributed by atoms with E-state index in [-0.39, 0.29) is 11.3 Å². The Balaban J connectivity index is 1.80. The van der Waals surface area contributed by atoms with Crippen LogP contribution in [0.5, 0.6) is 0 Å². The van der Waals surface area contributed by atoms with E-state index in [0.29, 0.717) is 16.3 Å². The maximum Gasteiger partial charge on any atom is 0.270 e. The van der Waals surface area contributed by atoms with Gasteiger partial charge in [0, 0.05) is 33.7 Å². The van der Waals surface area contributed by atoms with Crippen molar-refractivity contribution in [3.63, 3.8) is 0 Å². The lowest BCUT2D eigenvalue weighted by molar-refractivity contribution is -0.384. The number of carbonyl (C=O) groups excluding carboxylic acids is 1. The second-order valence-corrected chi connectivity index (χ2v) is 7.36. The quantitative estimate of drug-likeness (QED) is 0.175. The summed E-state index contributed by atoms with van der Waals surface area (Å²) in [6.07, 6.45) is 0.606. The van der Waals surface area contributed by atoms with E-state index in [1.165, 1.54) is 23.9 Å². The molecule has 0 amide bonds. The second-order valence-electron chi connectivity index (χ2n) is 6.35. The van der Waals surface area contributed by atoms with Crippen molar-refractivity contribution in [2.45, 2.75) is 10.1 Å². The zero-order valence-electron chi connectivity index (χ0n) is 15.6. The molecule has 6 nitrogen and oxygen atoms in total. The van der Waals surface area contributed by atoms with E-state index in [4.69, 9.17) is 0 Å². The molecule has 7 heteroatoms. The number of carbonyl (C=O) groups is 1. The average molecular weight is 413 g/mol. The monoisotopic (exact) mass is 413 g/mol. The van der Waals surface area contributed by atoms with E-state index in [9.17, 15) is 14.9 Å². The van der Waals surface area contributed by atoms with Gasteiger partial charge in [-0.15, -0.1) is 0 Å². The molecule has 0 spiro atoms. The number of aromatic nitrogens is 2. The highest BCUT2D eigenvalue weighted by atomic mass is 32.2. The Morgan fingerprint density at radius 1 is 0.800 bits per heavy atom. The van der Waals surface area contributed by atoms with Gasteiger partial charge in [0.15, 0.2) is 11.4 Å². The molecule has 0 N–H and O–H groups in total. The van der Waals surface area contributed by atoms with Crippen LogP contribution in [0.2, 0.25) is 0 Å². The summed E-state index contributed by atoms with van der Waals surface area (Å²) in [6, 6.07) is 25.6. The van der Waals surface area contributed by atoms with Crippen molar-refractivity contribution in [2.24, 2.45) is 0 Å². The van der Waals surface area contributed by atoms with Crippen LogP contribution in [0.3, 0.4) is 0 Å². The molecule has 30 heavy (non-hydrogen) atoms. The fourth-order valence-corrected chi connectivity index (χ4v) is 3.76. The number of nitro benzene ring substituents is 1. The summed E-state index contributed by atoms with van der Waals surface area (Å²) in [5.74, 6) is 0. The summed E-state index contributed by atoms with van der Waals surface area (Å²) in [5.41, 5.74) is 3.48. The fourth-order valence-electron chi connectivity index (χ4n) is 2.92. The third-order valence-electron chi connectivity index (χ3n) is 4.38. The minimum Gasteiger partial charge on any atom is -0.298 e. The number of nitrogens with zero attached hydrogens (tertiary/aromatic N) is 3. The smallest absolute Gasteiger partial charge is 0.270 e. The normalized spacial score (nSPS) is 10.5. The molecule has 0 bridgehead atoms. The molecule has 0 aliphatic carbocycles. The second kappa shape index (κ2) is 8.67. The van der Waals surface area contributed by atoms with Gasteiger partial charge in [-0.2, -0.15) is 0 Å². The molecule has 1 aromatic heterocycles. The number of aldehydes is 1. The molecular weight excluding hydrogens is 398 g/mol. The Labute approximate surface area is 176 Å². The van der Waals surface area contributed by atoms with E-state index >= 15 is 0 Å². The molecule has 3 aromatic carbocycles. The molecule has 0 aliphatic heterocycles. The predicted molar refractivity (Wildman–Crippen MR) is 116 cm³/mol. The Bertz CT molecular complexity index is 1160. The van der Waals surface area contributed by atoms with Crippen LogP contribution >= 0.6 is 11.8 Å². The van der Waals surface area contributed by atoms with Gasteiger partial charge >= 0.3 is 0 Å². The van der Waals surface area contributed by atoms with Gasteiger partial charge in [-0.1, -0.05) is 60.7 Å². The SMILES string of the molecule is O=Cc1cc([N+](=O)[O-])ccc1Sc1nc(-c2ccccc2)cc(-c2ccccc2)n1. The van der Waals surface area contributed by atoms with Crippen molar-refractivity contribution in [3.8, 4) is 22.5 Å². The Kier molecular flexibility index (Phi) is 5.63. The molecule has 0 radical (unpaired) electrons. The maximum atomic E-state index is 11.5. The third-order valence-corrected chi connectivity index (χ3v) is 5.33. The van der Waals surface area contributed by atoms with Gasteiger partial charge in [-0.25, -0.2) is 9.97 Å². The summed E-state index contributed by atoms with van der Waals surface area (Å²) in [7, 11) is 0. The highest BCUT2D eigenvalue weighted by Gasteiger charge is 2.15. The van der Waals surface area contributed by atoms with Crippen LogP contribution in [0.25, 0.3) is 22.5 Å². The molecule has 146 valence electrons. The van der Waals surface area contributed by atoms with Crippen LogP contribution in [-0.4, -0.2) is 21.2 Å². The zero-order chi connectivity index (χ0) is 20.9. The predicted octanol–water partition coefficient (Wildman–Crippen LogP) is 5.68. The lowest BCUT2D eigenvalue weighted by Gasteiger charge is -2.09. The number of hydrogen-bond acceptors (Lipinski definition) is 6. The number of hydrogen-bond donors (Lipinski definition) is 0. The van der Waals surface area contributed by atoms with Crippen molar-refractivity contribution >= 4 is 23.7 Å². The van der Waals surface area contributed by atoms with Crippen molar-refractivity contribution in [1.82, 2.24) is 9.97 Å². The first-order chi connectivity index (χ1) is 14.6. The number of nitro groups is 1. The van der Waals surface area contributed by atoms with Gasteiger partial charge in [0.2, 0.25) is 0 Å². The van der Waals surface area contributed by atoms with Crippen LogP contribution in [0, 0.1) is 10.1 Å². The summed E-state index contributed by atoms with van der Waals surface area (Å²) >= 11 is 1.20. The first-order valence-corrected chi connectivity index (χ1v) is 9.87. The number of rotatable bonds is 6. The first-order valence-electron chi connectivity index (χ1n) is 9.05. The van der Waals surface area contributed by atoms with Crippen molar-refractivity contribution in [3.05, 3.63) is 101 Å². The molecule has 0 saturated heterocycles. The summed E-state index contributed by atoms with van der Waals surface area (Å²) in [4.78, 5) is 31.8. The lowest BCUT2D eigenvalue weighted by Crippen LogP contribution is -1.96. The minimum absolute atomic E-state index is 0.134. The highest BCUT2D eigenvalue weighted by molar-refractivity contribution is 7.99. The van der Waals surface area contributed by atoms with Gasteiger partial charge in [0.1, 0.15) is 0 Å². The molecule has 0 saturated carbocycles. The van der Waals surface area contributed by atoms with Crippen molar-refractivity contribution < 1.29 is 9.72 Å². The van der Waals surface area contributed by atoms with Crippen LogP contribution < -0.4 is 0 Å². The first kappa shape index (κ1) is 19.5. The Morgan fingerprint density at radius 2 is 1.37 bits per heavy atom. The fraction of sp³-hybridized carbons (Fsp3) is 0. The van der Waals surface area contributed by atoms with Crippen LogP contribution in [-0.2, 0) is 0 Å². The van der Waals surface area contributed by atoms with E-state index in [0.717, 1.165) is 22.5 Å². The minimum atomic E-state index is -0.526. The summed E-state index contributed by atoms with van der Waals surface area (Å²) in [6.45, 7) is 0. The number of non-ortho nitro benzene ring substituents is 1. The van der Waals surface area contributed by atoms with Gasteiger partial charge in [0.25, 0.3) is 5.69 Å². The lowest BCUT2D eigenvalue weighted by atomic mass is 10.1. The Hall–Kier alpha value is -3.84. The largest absolute Gasteiger partial charge is 0.298 e. The van der Waals surface area contributed by atoms with Gasteiger partial charge in [-0.05, 0) is 23.9 Å². The Morgan fingerprint density at radius 3 is 1.87 bits per heavy atom. The van der Waals surface area contributed by atoms with Gasteiger partial charge in [-0.3, -0.25) is 14.9 Å². The highest BCUT2D eigenvalue weighted by Crippen LogP contribution is 2.33. The summed E-state index contributed by atoms with van der Waals surface area (Å²) in [5, 5.41) is 11.5. The summed E-state index contributed by atoms with van der Waals surface area (Å²) < 4.78 is 0. The van der Waals surface area contributed by atoms with Crippen molar-refractivity contribution in [2.75, 3.05) is 0 Å². The van der Waals surface area contributed by atoms with Crippen molar-refractivity contribution in [1.29, 1.82) is 0 Å². The van der Waals surface area contributed by atoms with E-state index in [1.54, 1.807) is 6.07 Å². The van der Waals surface area contributed by atoms with Crippen LogP contribution in [0.4, 0.5) is 5.69 Å².